The van der Waals surface area contributed by atoms with Gasteiger partial charge in [0, 0.05) is 95.9 Å². The predicted octanol–water partition coefficient (Wildman–Crippen LogP) is 9.73. The fourth-order valence-corrected chi connectivity index (χ4v) is 6.45. The van der Waals surface area contributed by atoms with Crippen LogP contribution in [0.4, 0.5) is 22.7 Å². The van der Waals surface area contributed by atoms with Crippen molar-refractivity contribution in [3.63, 3.8) is 0 Å². The van der Waals surface area contributed by atoms with Crippen molar-refractivity contribution in [3.8, 4) is 22.3 Å². The van der Waals surface area contributed by atoms with Crippen molar-refractivity contribution in [3.05, 3.63) is 101 Å². The zero-order valence-electron chi connectivity index (χ0n) is 22.1. The molecule has 8 nitrogen and oxygen atoms in total. The molecule has 0 amide bonds. The minimum atomic E-state index is -0.509. The maximum Gasteiger partial charge on any atom is 0.270 e. The number of hydrogen-bond acceptors (Lipinski definition) is 7. The van der Waals surface area contributed by atoms with E-state index >= 15 is 0 Å². The Bertz CT molecular complexity index is 1580. The molecular formula is C28H22Cl4N4O4S. The number of nitro benzene ring substituents is 2. The Labute approximate surface area is 260 Å². The summed E-state index contributed by atoms with van der Waals surface area (Å²) in [7, 11) is 7.44. The molecular weight excluding hydrogens is 630 g/mol. The highest BCUT2D eigenvalue weighted by molar-refractivity contribution is 7.99. The van der Waals surface area contributed by atoms with Gasteiger partial charge >= 0.3 is 0 Å². The molecule has 4 aromatic carbocycles. The maximum absolute atomic E-state index is 11.3. The minimum absolute atomic E-state index is 0.128. The van der Waals surface area contributed by atoms with Gasteiger partial charge in [-0.15, -0.1) is 0 Å². The molecule has 4 rings (SSSR count). The highest BCUT2D eigenvalue weighted by Gasteiger charge is 2.23. The normalized spacial score (nSPS) is 10.9. The van der Waals surface area contributed by atoms with E-state index in [0.717, 1.165) is 11.4 Å². The molecule has 0 fully saturated rings. The number of anilines is 2. The number of halogens is 4. The quantitative estimate of drug-likeness (QED) is 0.138. The van der Waals surface area contributed by atoms with Crippen molar-refractivity contribution in [2.45, 2.75) is 9.79 Å². The minimum Gasteiger partial charge on any atom is -0.377 e. The van der Waals surface area contributed by atoms with E-state index in [1.807, 2.05) is 62.3 Å². The van der Waals surface area contributed by atoms with Gasteiger partial charge in [0.2, 0.25) is 0 Å². The lowest BCUT2D eigenvalue weighted by Crippen LogP contribution is -2.11. The second-order valence-electron chi connectivity index (χ2n) is 9.28. The van der Waals surface area contributed by atoms with E-state index in [-0.39, 0.29) is 21.4 Å². The highest BCUT2D eigenvalue weighted by Crippen LogP contribution is 2.50. The molecule has 0 atom stereocenters. The highest BCUT2D eigenvalue weighted by atomic mass is 35.5. The third kappa shape index (κ3) is 6.19. The van der Waals surface area contributed by atoms with Gasteiger partial charge in [0.1, 0.15) is 0 Å². The summed E-state index contributed by atoms with van der Waals surface area (Å²) < 4.78 is 0. The van der Waals surface area contributed by atoms with Crippen LogP contribution < -0.4 is 9.80 Å². The fraction of sp³-hybridized carbons (Fsp3) is 0.143. The smallest absolute Gasteiger partial charge is 0.270 e. The van der Waals surface area contributed by atoms with E-state index in [9.17, 15) is 20.2 Å². The number of benzene rings is 4. The van der Waals surface area contributed by atoms with Crippen LogP contribution in [0, 0.1) is 20.2 Å². The molecule has 0 aliphatic rings. The molecule has 0 aliphatic carbocycles. The first-order valence-corrected chi connectivity index (χ1v) is 14.2. The molecule has 0 N–H and O–H groups in total. The second-order valence-corrected chi connectivity index (χ2v) is 11.9. The average Bonchev–Trinajstić information content (AvgIpc) is 2.90. The summed E-state index contributed by atoms with van der Waals surface area (Å²) in [6.45, 7) is 0. The van der Waals surface area contributed by atoms with E-state index in [0.29, 0.717) is 42.1 Å². The number of hydrogen-bond donors (Lipinski definition) is 0. The van der Waals surface area contributed by atoms with E-state index in [4.69, 9.17) is 46.4 Å². The van der Waals surface area contributed by atoms with Crippen LogP contribution in [0.5, 0.6) is 0 Å². The fourth-order valence-electron chi connectivity index (χ4n) is 4.27. The van der Waals surface area contributed by atoms with E-state index in [1.54, 1.807) is 12.1 Å². The van der Waals surface area contributed by atoms with Crippen LogP contribution in [0.15, 0.2) is 70.5 Å². The Kier molecular flexibility index (Phi) is 9.25. The zero-order valence-corrected chi connectivity index (χ0v) is 26.0. The third-order valence-electron chi connectivity index (χ3n) is 6.22. The van der Waals surface area contributed by atoms with Crippen LogP contribution in [0.2, 0.25) is 20.1 Å². The summed E-state index contributed by atoms with van der Waals surface area (Å²) in [5, 5.41) is 23.7. The number of nitrogens with zero attached hydrogens (tertiary/aromatic N) is 4. The van der Waals surface area contributed by atoms with Gasteiger partial charge in [-0.05, 0) is 36.4 Å². The van der Waals surface area contributed by atoms with Gasteiger partial charge in [0.05, 0.1) is 29.9 Å². The van der Waals surface area contributed by atoms with E-state index in [1.165, 1.54) is 36.0 Å². The summed E-state index contributed by atoms with van der Waals surface area (Å²) in [6.07, 6.45) is 0. The molecule has 0 saturated heterocycles. The molecule has 0 aliphatic heterocycles. The van der Waals surface area contributed by atoms with Gasteiger partial charge in [0.15, 0.2) is 0 Å². The molecule has 0 heterocycles. The van der Waals surface area contributed by atoms with Crippen molar-refractivity contribution < 1.29 is 9.85 Å². The van der Waals surface area contributed by atoms with E-state index < -0.39 is 9.85 Å². The molecule has 41 heavy (non-hydrogen) atoms. The average molecular weight is 652 g/mol. The van der Waals surface area contributed by atoms with Crippen LogP contribution in [0.25, 0.3) is 22.3 Å². The van der Waals surface area contributed by atoms with Gasteiger partial charge in [-0.25, -0.2) is 0 Å². The van der Waals surface area contributed by atoms with Crippen molar-refractivity contribution in [2.24, 2.45) is 0 Å². The van der Waals surface area contributed by atoms with Gasteiger partial charge in [0.25, 0.3) is 11.4 Å². The van der Waals surface area contributed by atoms with Crippen LogP contribution in [-0.4, -0.2) is 38.0 Å². The molecule has 4 aromatic rings. The van der Waals surface area contributed by atoms with Gasteiger partial charge in [-0.1, -0.05) is 58.2 Å². The van der Waals surface area contributed by atoms with Crippen LogP contribution in [-0.2, 0) is 0 Å². The zero-order chi connectivity index (χ0) is 30.2. The van der Waals surface area contributed by atoms with Gasteiger partial charge < -0.3 is 9.80 Å². The van der Waals surface area contributed by atoms with Gasteiger partial charge in [-0.2, -0.15) is 0 Å². The Balaban J connectivity index is 1.87. The Morgan fingerprint density at radius 2 is 0.976 bits per heavy atom. The van der Waals surface area contributed by atoms with Crippen molar-refractivity contribution >= 4 is 80.9 Å². The van der Waals surface area contributed by atoms with Crippen LogP contribution in [0.1, 0.15) is 0 Å². The molecule has 0 aromatic heterocycles. The number of non-ortho nitro benzene ring substituents is 2. The lowest BCUT2D eigenvalue weighted by molar-refractivity contribution is -0.385. The first kappa shape index (κ1) is 30.7. The summed E-state index contributed by atoms with van der Waals surface area (Å²) in [5.74, 6) is 0. The molecule has 0 spiro atoms. The molecule has 0 saturated carbocycles. The molecule has 0 unspecified atom stereocenters. The summed E-state index contributed by atoms with van der Waals surface area (Å²) in [5.41, 5.74) is 3.59. The molecule has 13 heteroatoms. The van der Waals surface area contributed by atoms with Crippen LogP contribution in [0.3, 0.4) is 0 Å². The van der Waals surface area contributed by atoms with Crippen LogP contribution >= 0.6 is 58.2 Å². The Morgan fingerprint density at radius 3 is 1.27 bits per heavy atom. The number of rotatable bonds is 8. The summed E-state index contributed by atoms with van der Waals surface area (Å²) >= 11 is 28.3. The number of nitro groups is 2. The topological polar surface area (TPSA) is 92.8 Å². The second kappa shape index (κ2) is 12.3. The Morgan fingerprint density at radius 1 is 0.610 bits per heavy atom. The Hall–Kier alpha value is -3.21. The lowest BCUT2D eigenvalue weighted by Gasteiger charge is -2.23. The summed E-state index contributed by atoms with van der Waals surface area (Å²) in [6, 6.07) is 16.0. The first-order chi connectivity index (χ1) is 19.3. The van der Waals surface area contributed by atoms with Crippen molar-refractivity contribution in [1.82, 2.24) is 0 Å². The largest absolute Gasteiger partial charge is 0.377 e. The van der Waals surface area contributed by atoms with Gasteiger partial charge in [-0.3, -0.25) is 20.2 Å². The molecule has 212 valence electrons. The molecule has 0 radical (unpaired) electrons. The monoisotopic (exact) mass is 650 g/mol. The predicted molar refractivity (Wildman–Crippen MR) is 170 cm³/mol. The first-order valence-electron chi connectivity index (χ1n) is 11.9. The maximum atomic E-state index is 11.3. The van der Waals surface area contributed by atoms with Crippen molar-refractivity contribution in [1.29, 1.82) is 0 Å². The van der Waals surface area contributed by atoms with E-state index in [2.05, 4.69) is 0 Å². The van der Waals surface area contributed by atoms with Crippen molar-refractivity contribution in [2.75, 3.05) is 38.0 Å². The lowest BCUT2D eigenvalue weighted by atomic mass is 10.0. The standard InChI is InChI=1S/C28H22Cl4N4O4S/c1-33(2)21-9-11-23(27(31)25(21)17-7-5-15(35(37)38)13-19(17)29)41-24-12-10-22(34(3)4)26(28(24)32)18-8-6-16(36(39)40)14-20(18)30/h5-14H,1-4H3. The molecule has 0 bridgehead atoms. The third-order valence-corrected chi connectivity index (χ3v) is 8.97. The SMILES string of the molecule is CN(C)c1ccc(Sc2ccc(N(C)C)c(-c3ccc([N+](=O)[O-])cc3Cl)c2Cl)c(Cl)c1-c1ccc([N+](=O)[O-])cc1Cl. The summed E-state index contributed by atoms with van der Waals surface area (Å²) in [4.78, 5) is 26.6.